The van der Waals surface area contributed by atoms with Crippen LogP contribution in [0.2, 0.25) is 5.02 Å². The molecule has 1 aromatic heterocycles. The number of anilines is 1. The third-order valence-electron chi connectivity index (χ3n) is 7.65. The molecule has 0 unspecified atom stereocenters. The monoisotopic (exact) mass is 696 g/mol. The highest BCUT2D eigenvalue weighted by atomic mass is 79.9. The Balaban J connectivity index is 1.57. The number of carbonyl (C=O) groups excluding carboxylic acids is 3. The Morgan fingerprint density at radius 3 is 2.55 bits per heavy atom. The van der Waals surface area contributed by atoms with Crippen molar-refractivity contribution in [2.75, 3.05) is 25.0 Å². The summed E-state index contributed by atoms with van der Waals surface area (Å²) in [6, 6.07) is 5.53. The number of alkyl halides is 3. The van der Waals surface area contributed by atoms with E-state index >= 15 is 0 Å². The van der Waals surface area contributed by atoms with Crippen molar-refractivity contribution in [2.24, 2.45) is 10.5 Å². The topological polar surface area (TPSA) is 127 Å². The van der Waals surface area contributed by atoms with Crippen LogP contribution in [0.25, 0.3) is 0 Å². The third kappa shape index (κ3) is 7.24. The van der Waals surface area contributed by atoms with E-state index in [4.69, 9.17) is 11.6 Å². The van der Waals surface area contributed by atoms with Gasteiger partial charge in [-0.1, -0.05) is 18.2 Å². The fraction of sp³-hybridized carbons (Fsp3) is 0.345. The fourth-order valence-corrected chi connectivity index (χ4v) is 5.83. The van der Waals surface area contributed by atoms with E-state index in [1.54, 1.807) is 11.8 Å². The highest BCUT2D eigenvalue weighted by Gasteiger charge is 2.48. The summed E-state index contributed by atoms with van der Waals surface area (Å²) in [6.07, 6.45) is 0.0448. The summed E-state index contributed by atoms with van der Waals surface area (Å²) >= 11 is 9.20. The van der Waals surface area contributed by atoms with Crippen LogP contribution >= 0.6 is 27.5 Å². The van der Waals surface area contributed by atoms with Gasteiger partial charge in [0.05, 0.1) is 16.3 Å². The molecule has 3 amide bonds. The molecule has 2 heterocycles. The summed E-state index contributed by atoms with van der Waals surface area (Å²) in [7, 11) is 0. The number of benzene rings is 1. The van der Waals surface area contributed by atoms with E-state index in [1.807, 2.05) is 0 Å². The van der Waals surface area contributed by atoms with Gasteiger partial charge < -0.3 is 20.2 Å². The minimum absolute atomic E-state index is 0.00151. The van der Waals surface area contributed by atoms with Gasteiger partial charge in [-0.05, 0) is 85.1 Å². The maximum Gasteiger partial charge on any atom is 0.416 e. The lowest BCUT2D eigenvalue weighted by Gasteiger charge is -2.40. The number of pyridine rings is 1. The molecule has 2 aliphatic rings. The van der Waals surface area contributed by atoms with Crippen molar-refractivity contribution in [1.29, 1.82) is 0 Å². The number of allylic oxidation sites excluding steroid dienone is 1. The smallest absolute Gasteiger partial charge is 0.416 e. The number of piperidine rings is 1. The number of hydrogen-bond acceptors (Lipinski definition) is 7. The lowest BCUT2D eigenvalue weighted by atomic mass is 9.72. The normalized spacial score (nSPS) is 16.6. The number of rotatable bonds is 8. The second-order valence-corrected chi connectivity index (χ2v) is 11.9. The number of hydrazone groups is 1. The minimum atomic E-state index is -4.59. The minimum Gasteiger partial charge on any atom is -0.505 e. The molecule has 0 saturated carbocycles. The van der Waals surface area contributed by atoms with E-state index in [2.05, 4.69) is 43.3 Å². The zero-order valence-corrected chi connectivity index (χ0v) is 25.9. The van der Waals surface area contributed by atoms with Crippen LogP contribution in [0.1, 0.15) is 48.7 Å². The average Bonchev–Trinajstić information content (AvgIpc) is 3.33. The van der Waals surface area contributed by atoms with E-state index in [1.165, 1.54) is 29.4 Å². The van der Waals surface area contributed by atoms with Crippen LogP contribution in [-0.4, -0.2) is 61.9 Å². The lowest BCUT2D eigenvalue weighted by Crippen LogP contribution is -2.45. The number of halogens is 5. The first-order valence-electron chi connectivity index (χ1n) is 13.5. The van der Waals surface area contributed by atoms with Crippen LogP contribution in [0, 0.1) is 5.41 Å². The molecule has 1 spiro atoms. The highest BCUT2D eigenvalue weighted by molar-refractivity contribution is 9.18. The van der Waals surface area contributed by atoms with Gasteiger partial charge in [0.2, 0.25) is 5.91 Å². The zero-order chi connectivity index (χ0) is 32.2. The maximum absolute atomic E-state index is 13.6. The summed E-state index contributed by atoms with van der Waals surface area (Å²) in [4.78, 5) is 46.7. The molecule has 0 bridgehead atoms. The van der Waals surface area contributed by atoms with Gasteiger partial charge in [0.15, 0.2) is 5.69 Å². The number of nitrogens with one attached hydrogen (secondary N) is 2. The van der Waals surface area contributed by atoms with E-state index in [0.29, 0.717) is 54.7 Å². The SMILES string of the molecule is C=CN(CC(=O)Nc1ccc(C(F)(F)F)cc1Cl)C1=C(C(=O)N/N=C(\C)Br)C2(CC1)CCN(C(=O)c1ncccc1O)CC2. The molecule has 1 saturated heterocycles. The van der Waals surface area contributed by atoms with Gasteiger partial charge in [-0.15, -0.1) is 0 Å². The molecular weight excluding hydrogens is 669 g/mol. The lowest BCUT2D eigenvalue weighted by molar-refractivity contribution is -0.137. The van der Waals surface area contributed by atoms with E-state index < -0.39 is 34.9 Å². The number of aromatic nitrogens is 1. The molecule has 1 fully saturated rings. The molecule has 234 valence electrons. The van der Waals surface area contributed by atoms with Crippen molar-refractivity contribution in [1.82, 2.24) is 20.2 Å². The molecular formula is C29H29BrClF3N6O4. The van der Waals surface area contributed by atoms with Gasteiger partial charge in [0, 0.05) is 36.0 Å². The molecule has 15 heteroatoms. The molecule has 0 radical (unpaired) electrons. The third-order valence-corrected chi connectivity index (χ3v) is 8.14. The summed E-state index contributed by atoms with van der Waals surface area (Å²) in [5.74, 6) is -1.71. The number of carbonyl (C=O) groups is 3. The number of amides is 3. The Bertz CT molecular complexity index is 1540. The van der Waals surface area contributed by atoms with Crippen LogP contribution in [-0.2, 0) is 15.8 Å². The highest BCUT2D eigenvalue weighted by Crippen LogP contribution is 2.51. The van der Waals surface area contributed by atoms with Crippen LogP contribution in [0.3, 0.4) is 0 Å². The van der Waals surface area contributed by atoms with Crippen molar-refractivity contribution < 1.29 is 32.7 Å². The predicted molar refractivity (Wildman–Crippen MR) is 162 cm³/mol. The van der Waals surface area contributed by atoms with Crippen molar-refractivity contribution >= 4 is 55.6 Å². The Hall–Kier alpha value is -3.91. The summed E-state index contributed by atoms with van der Waals surface area (Å²) in [5, 5.41) is 16.3. The molecule has 10 nitrogen and oxygen atoms in total. The second kappa shape index (κ2) is 13.4. The summed E-state index contributed by atoms with van der Waals surface area (Å²) in [6.45, 7) is 5.74. The molecule has 3 N–H and O–H groups in total. The number of hydrogen-bond donors (Lipinski definition) is 3. The van der Waals surface area contributed by atoms with Gasteiger partial charge in [-0.2, -0.15) is 18.3 Å². The van der Waals surface area contributed by atoms with Gasteiger partial charge in [0.1, 0.15) is 16.9 Å². The first-order chi connectivity index (χ1) is 20.8. The predicted octanol–water partition coefficient (Wildman–Crippen LogP) is 5.66. The van der Waals surface area contributed by atoms with Crippen molar-refractivity contribution in [3.8, 4) is 5.75 Å². The molecule has 1 aromatic carbocycles. The number of aromatic hydroxyl groups is 1. The molecule has 1 aliphatic carbocycles. The Kier molecular flexibility index (Phi) is 10.0. The molecule has 44 heavy (non-hydrogen) atoms. The van der Waals surface area contributed by atoms with Crippen molar-refractivity contribution in [3.63, 3.8) is 0 Å². The van der Waals surface area contributed by atoms with E-state index in [-0.39, 0.29) is 28.7 Å². The Labute approximate surface area is 264 Å². The Morgan fingerprint density at radius 1 is 1.25 bits per heavy atom. The molecule has 2 aromatic rings. The molecule has 1 aliphatic heterocycles. The van der Waals surface area contributed by atoms with Crippen LogP contribution in [0.15, 0.2) is 65.7 Å². The first kappa shape index (κ1) is 33.0. The van der Waals surface area contributed by atoms with Crippen LogP contribution < -0.4 is 10.7 Å². The number of likely N-dealkylation sites (tertiary alicyclic amines) is 1. The largest absolute Gasteiger partial charge is 0.505 e. The van der Waals surface area contributed by atoms with E-state index in [9.17, 15) is 32.7 Å². The van der Waals surface area contributed by atoms with Crippen LogP contribution in [0.4, 0.5) is 18.9 Å². The summed E-state index contributed by atoms with van der Waals surface area (Å²) in [5.41, 5.74) is 1.84. The zero-order valence-electron chi connectivity index (χ0n) is 23.5. The van der Waals surface area contributed by atoms with Gasteiger partial charge in [-0.25, -0.2) is 10.4 Å². The summed E-state index contributed by atoms with van der Waals surface area (Å²) < 4.78 is 39.5. The Morgan fingerprint density at radius 2 is 1.95 bits per heavy atom. The van der Waals surface area contributed by atoms with E-state index in [0.717, 1.165) is 18.2 Å². The van der Waals surface area contributed by atoms with Crippen LogP contribution in [0.5, 0.6) is 5.75 Å². The number of nitrogens with zero attached hydrogens (tertiary/aromatic N) is 4. The maximum atomic E-state index is 13.6. The fourth-order valence-electron chi connectivity index (χ4n) is 5.51. The van der Waals surface area contributed by atoms with Crippen molar-refractivity contribution in [3.05, 3.63) is 76.9 Å². The molecule has 0 atom stereocenters. The average molecular weight is 698 g/mol. The second-order valence-electron chi connectivity index (χ2n) is 10.4. The van der Waals surface area contributed by atoms with Crippen molar-refractivity contribution in [2.45, 2.75) is 38.8 Å². The standard InChI is InChI=1S/C29H29BrClF3N6O4/c1-3-39(16-23(42)36-20-7-6-18(15-19(20)31)29(32,33)34)21-8-9-28(24(21)26(43)38-37-17(2)30)10-13-40(14-11-28)27(44)25-22(41)5-4-12-35-25/h3-7,12,15,41H,1,8-11,13-14,16H2,2H3,(H,36,42)(H,38,43)/b37-17+. The van der Waals surface area contributed by atoms with Gasteiger partial charge in [-0.3, -0.25) is 14.4 Å². The van der Waals surface area contributed by atoms with Gasteiger partial charge in [0.25, 0.3) is 11.8 Å². The molecule has 4 rings (SSSR count). The first-order valence-corrected chi connectivity index (χ1v) is 14.7. The quantitative estimate of drug-likeness (QED) is 0.242. The van der Waals surface area contributed by atoms with Gasteiger partial charge >= 0.3 is 6.18 Å².